The number of hydrogen-bond donors (Lipinski definition) is 1. The van der Waals surface area contributed by atoms with Crippen LogP contribution in [0.5, 0.6) is 0 Å². The number of rotatable bonds is 6. The summed E-state index contributed by atoms with van der Waals surface area (Å²) in [7, 11) is 0. The molecule has 3 rings (SSSR count). The lowest BCUT2D eigenvalue weighted by atomic mass is 10.1. The van der Waals surface area contributed by atoms with Gasteiger partial charge in [-0.2, -0.15) is 0 Å². The van der Waals surface area contributed by atoms with Gasteiger partial charge in [0.05, 0.1) is 6.10 Å². The van der Waals surface area contributed by atoms with E-state index in [1.54, 1.807) is 6.07 Å². The molecule has 0 radical (unpaired) electrons. The quantitative estimate of drug-likeness (QED) is 0.892. The molecule has 23 heavy (non-hydrogen) atoms. The van der Waals surface area contributed by atoms with Crippen LogP contribution in [0, 0.1) is 6.92 Å². The molecule has 1 aliphatic heterocycles. The zero-order valence-electron chi connectivity index (χ0n) is 13.6. The predicted molar refractivity (Wildman–Crippen MR) is 93.0 cm³/mol. The van der Waals surface area contributed by atoms with E-state index in [1.807, 2.05) is 35.8 Å². The van der Waals surface area contributed by atoms with Crippen molar-refractivity contribution in [2.75, 3.05) is 18.5 Å². The fraction of sp³-hybridized carbons (Fsp3) is 0.421. The van der Waals surface area contributed by atoms with Crippen LogP contribution in [0.1, 0.15) is 24.1 Å². The predicted octanol–water partition coefficient (Wildman–Crippen LogP) is 2.99. The van der Waals surface area contributed by atoms with Gasteiger partial charge in [0, 0.05) is 37.1 Å². The molecule has 4 nitrogen and oxygen atoms in total. The Hall–Kier alpha value is -2.07. The molecule has 1 saturated heterocycles. The molecule has 0 amide bonds. The molecule has 0 aliphatic carbocycles. The molecule has 1 aliphatic rings. The van der Waals surface area contributed by atoms with Gasteiger partial charge in [-0.05, 0) is 37.8 Å². The van der Waals surface area contributed by atoms with E-state index >= 15 is 0 Å². The molecule has 0 saturated carbocycles. The number of pyridine rings is 1. The maximum absolute atomic E-state index is 12.4. The minimum absolute atomic E-state index is 0.0516. The molecule has 1 atom stereocenters. The van der Waals surface area contributed by atoms with Gasteiger partial charge in [-0.15, -0.1) is 0 Å². The van der Waals surface area contributed by atoms with E-state index in [2.05, 4.69) is 17.4 Å². The lowest BCUT2D eigenvalue weighted by Gasteiger charge is -2.15. The van der Waals surface area contributed by atoms with Crippen molar-refractivity contribution in [3.05, 3.63) is 64.1 Å². The minimum Gasteiger partial charge on any atom is -0.382 e. The highest BCUT2D eigenvalue weighted by Crippen LogP contribution is 2.14. The summed E-state index contributed by atoms with van der Waals surface area (Å²) < 4.78 is 7.44. The van der Waals surface area contributed by atoms with Crippen LogP contribution in [0.4, 0.5) is 5.69 Å². The Bertz CT molecular complexity index is 688. The summed E-state index contributed by atoms with van der Waals surface area (Å²) >= 11 is 0. The van der Waals surface area contributed by atoms with Gasteiger partial charge in [0.2, 0.25) is 0 Å². The molecule has 1 unspecified atom stereocenters. The van der Waals surface area contributed by atoms with Crippen LogP contribution in [0.15, 0.2) is 47.3 Å². The van der Waals surface area contributed by atoms with Crippen molar-refractivity contribution >= 4 is 5.69 Å². The number of ether oxygens (including phenoxy) is 1. The van der Waals surface area contributed by atoms with Crippen molar-refractivity contribution < 1.29 is 4.74 Å². The van der Waals surface area contributed by atoms with Crippen LogP contribution >= 0.6 is 0 Å². The van der Waals surface area contributed by atoms with Gasteiger partial charge in [-0.1, -0.05) is 30.3 Å². The second-order valence-electron chi connectivity index (χ2n) is 6.13. The molecule has 122 valence electrons. The van der Waals surface area contributed by atoms with Crippen molar-refractivity contribution in [3.8, 4) is 0 Å². The minimum atomic E-state index is 0.0516. The number of aromatic nitrogens is 1. The first-order valence-corrected chi connectivity index (χ1v) is 8.33. The summed E-state index contributed by atoms with van der Waals surface area (Å²) in [6.07, 6.45) is 3.37. The van der Waals surface area contributed by atoms with E-state index in [9.17, 15) is 4.79 Å². The molecule has 2 heterocycles. The smallest absolute Gasteiger partial charge is 0.252 e. The highest BCUT2D eigenvalue weighted by molar-refractivity contribution is 5.43. The third kappa shape index (κ3) is 4.23. The maximum Gasteiger partial charge on any atom is 0.252 e. The van der Waals surface area contributed by atoms with Gasteiger partial charge < -0.3 is 14.6 Å². The fourth-order valence-corrected chi connectivity index (χ4v) is 3.04. The number of hydrogen-bond acceptors (Lipinski definition) is 3. The topological polar surface area (TPSA) is 43.3 Å². The second kappa shape index (κ2) is 7.47. The lowest BCUT2D eigenvalue weighted by molar-refractivity contribution is 0.120. The average Bonchev–Trinajstić information content (AvgIpc) is 3.06. The summed E-state index contributed by atoms with van der Waals surface area (Å²) in [6, 6.07) is 14.0. The third-order valence-electron chi connectivity index (χ3n) is 4.36. The van der Waals surface area contributed by atoms with Crippen LogP contribution in [0.25, 0.3) is 0 Å². The molecule has 1 aromatic heterocycles. The van der Waals surface area contributed by atoms with E-state index in [-0.39, 0.29) is 11.7 Å². The maximum atomic E-state index is 12.4. The number of nitrogens with one attached hydrogen (secondary N) is 1. The van der Waals surface area contributed by atoms with Crippen LogP contribution < -0.4 is 10.9 Å². The Morgan fingerprint density at radius 2 is 2.09 bits per heavy atom. The first kappa shape index (κ1) is 15.8. The van der Waals surface area contributed by atoms with E-state index in [0.29, 0.717) is 6.54 Å². The van der Waals surface area contributed by atoms with Gasteiger partial charge in [-0.25, -0.2) is 0 Å². The van der Waals surface area contributed by atoms with Gasteiger partial charge >= 0.3 is 0 Å². The average molecular weight is 312 g/mol. The Morgan fingerprint density at radius 3 is 2.78 bits per heavy atom. The molecule has 4 heteroatoms. The monoisotopic (exact) mass is 312 g/mol. The summed E-state index contributed by atoms with van der Waals surface area (Å²) in [5.41, 5.74) is 3.18. The van der Waals surface area contributed by atoms with Crippen molar-refractivity contribution in [1.29, 1.82) is 0 Å². The molecule has 2 aromatic rings. The van der Waals surface area contributed by atoms with E-state index < -0.39 is 0 Å². The summed E-state index contributed by atoms with van der Waals surface area (Å²) in [6.45, 7) is 4.32. The Labute approximate surface area is 137 Å². The van der Waals surface area contributed by atoms with Crippen molar-refractivity contribution in [1.82, 2.24) is 4.57 Å². The first-order chi connectivity index (χ1) is 11.2. The first-order valence-electron chi connectivity index (χ1n) is 8.33. The zero-order valence-corrected chi connectivity index (χ0v) is 13.6. The van der Waals surface area contributed by atoms with Crippen LogP contribution in [-0.4, -0.2) is 23.8 Å². The van der Waals surface area contributed by atoms with Crippen molar-refractivity contribution in [2.24, 2.45) is 0 Å². The lowest BCUT2D eigenvalue weighted by Crippen LogP contribution is -2.25. The number of aryl methyl sites for hydroxylation is 2. The van der Waals surface area contributed by atoms with Gasteiger partial charge in [0.25, 0.3) is 5.56 Å². The fourth-order valence-electron chi connectivity index (χ4n) is 3.04. The number of benzene rings is 1. The van der Waals surface area contributed by atoms with Crippen LogP contribution in [0.2, 0.25) is 0 Å². The normalized spacial score (nSPS) is 17.3. The summed E-state index contributed by atoms with van der Waals surface area (Å²) in [5.74, 6) is 0. The second-order valence-corrected chi connectivity index (χ2v) is 6.13. The Kier molecular flexibility index (Phi) is 5.13. The largest absolute Gasteiger partial charge is 0.382 e. The zero-order chi connectivity index (χ0) is 16.1. The van der Waals surface area contributed by atoms with E-state index in [0.717, 1.165) is 43.8 Å². The van der Waals surface area contributed by atoms with Gasteiger partial charge in [0.1, 0.15) is 0 Å². The third-order valence-corrected chi connectivity index (χ3v) is 4.36. The Morgan fingerprint density at radius 1 is 1.26 bits per heavy atom. The van der Waals surface area contributed by atoms with Crippen LogP contribution in [-0.2, 0) is 17.7 Å². The number of anilines is 1. The van der Waals surface area contributed by atoms with Gasteiger partial charge in [0.15, 0.2) is 0 Å². The molecule has 0 bridgehead atoms. The SMILES string of the molecule is Cc1cc(NCC2CCCO2)cc(=O)n1CCc1ccccc1. The Balaban J connectivity index is 1.63. The highest BCUT2D eigenvalue weighted by Gasteiger charge is 2.15. The highest BCUT2D eigenvalue weighted by atomic mass is 16.5. The molecular weight excluding hydrogens is 288 g/mol. The van der Waals surface area contributed by atoms with Crippen molar-refractivity contribution in [3.63, 3.8) is 0 Å². The molecule has 1 fully saturated rings. The van der Waals surface area contributed by atoms with E-state index in [1.165, 1.54) is 5.56 Å². The van der Waals surface area contributed by atoms with Crippen LogP contribution in [0.3, 0.4) is 0 Å². The molecule has 1 aromatic carbocycles. The molecular formula is C19H24N2O2. The summed E-state index contributed by atoms with van der Waals surface area (Å²) in [4.78, 5) is 12.4. The van der Waals surface area contributed by atoms with Gasteiger partial charge in [-0.3, -0.25) is 4.79 Å². The van der Waals surface area contributed by atoms with Crippen molar-refractivity contribution in [2.45, 2.75) is 38.8 Å². The standard InChI is InChI=1S/C19H24N2O2/c1-15-12-17(20-14-18-8-5-11-23-18)13-19(22)21(15)10-9-16-6-3-2-4-7-16/h2-4,6-7,12-13,18,20H,5,8-11,14H2,1H3. The number of nitrogens with zero attached hydrogens (tertiary/aromatic N) is 1. The summed E-state index contributed by atoms with van der Waals surface area (Å²) in [5, 5.41) is 3.33. The molecule has 0 spiro atoms. The van der Waals surface area contributed by atoms with E-state index in [4.69, 9.17) is 4.74 Å². The molecule has 1 N–H and O–H groups in total.